The third kappa shape index (κ3) is 64.8. The molecule has 0 aliphatic carbocycles. The number of hydrogen-bond donors (Lipinski definition) is 0. The van der Waals surface area contributed by atoms with Gasteiger partial charge in [-0.25, -0.2) is 0 Å². The van der Waals surface area contributed by atoms with Crippen LogP contribution in [0.25, 0.3) is 0 Å². The quantitative estimate of drug-likeness (QED) is 0.0261. The summed E-state index contributed by atoms with van der Waals surface area (Å²) in [7, 11) is 0. The van der Waals surface area contributed by atoms with Gasteiger partial charge in [-0.3, -0.25) is 14.4 Å². The van der Waals surface area contributed by atoms with Gasteiger partial charge in [-0.2, -0.15) is 0 Å². The summed E-state index contributed by atoms with van der Waals surface area (Å²) in [6.45, 7) is 6.39. The van der Waals surface area contributed by atoms with E-state index in [2.05, 4.69) is 130 Å². The minimum atomic E-state index is -0.800. The Kier molecular flexibility index (Phi) is 63.3. The van der Waals surface area contributed by atoms with Gasteiger partial charge in [0.15, 0.2) is 6.10 Å². The smallest absolute Gasteiger partial charge is 0.306 e. The average Bonchev–Trinajstić information content (AvgIpc) is 3.45. The van der Waals surface area contributed by atoms with Crippen molar-refractivity contribution in [1.29, 1.82) is 0 Å². The van der Waals surface area contributed by atoms with Crippen LogP contribution in [0, 0.1) is 0 Å². The highest BCUT2D eigenvalue weighted by molar-refractivity contribution is 5.71. The molecule has 0 aromatic carbocycles. The fourth-order valence-electron chi connectivity index (χ4n) is 9.30. The molecule has 0 saturated carbocycles. The zero-order valence-corrected chi connectivity index (χ0v) is 51.9. The highest BCUT2D eigenvalue weighted by atomic mass is 16.6. The maximum absolute atomic E-state index is 12.9. The Bertz CT molecular complexity index is 1590. The van der Waals surface area contributed by atoms with E-state index in [4.69, 9.17) is 14.2 Å². The topological polar surface area (TPSA) is 78.9 Å². The van der Waals surface area contributed by atoms with E-state index >= 15 is 0 Å². The number of carbonyl (C=O) groups is 3. The molecule has 0 aliphatic heterocycles. The van der Waals surface area contributed by atoms with Crippen molar-refractivity contribution >= 4 is 17.9 Å². The van der Waals surface area contributed by atoms with Gasteiger partial charge in [0.2, 0.25) is 0 Å². The summed E-state index contributed by atoms with van der Waals surface area (Å²) in [5.74, 6) is -0.929. The van der Waals surface area contributed by atoms with Crippen LogP contribution in [-0.2, 0) is 28.6 Å². The molecule has 6 heteroatoms. The summed E-state index contributed by atoms with van der Waals surface area (Å²) in [4.78, 5) is 38.3. The molecule has 0 aliphatic rings. The van der Waals surface area contributed by atoms with Crippen molar-refractivity contribution in [3.63, 3.8) is 0 Å². The fraction of sp³-hybridized carbons (Fsp3) is 0.712. The Morgan fingerprint density at radius 1 is 0.266 bits per heavy atom. The van der Waals surface area contributed by atoms with Gasteiger partial charge >= 0.3 is 17.9 Å². The second-order valence-corrected chi connectivity index (χ2v) is 22.0. The van der Waals surface area contributed by atoms with Crippen LogP contribution in [-0.4, -0.2) is 37.2 Å². The number of ether oxygens (including phenoxy) is 3. The predicted octanol–water partition coefficient (Wildman–Crippen LogP) is 23.0. The molecular weight excluding hydrogens is 973 g/mol. The molecule has 0 aromatic rings. The van der Waals surface area contributed by atoms with Crippen LogP contribution >= 0.6 is 0 Å². The first-order valence-electron chi connectivity index (χ1n) is 33.4. The molecule has 0 amide bonds. The van der Waals surface area contributed by atoms with Crippen molar-refractivity contribution in [2.75, 3.05) is 13.2 Å². The molecule has 6 nitrogen and oxygen atoms in total. The van der Waals surface area contributed by atoms with Gasteiger partial charge in [-0.15, -0.1) is 0 Å². The lowest BCUT2D eigenvalue weighted by atomic mass is 10.0. The lowest BCUT2D eigenvalue weighted by molar-refractivity contribution is -0.167. The van der Waals surface area contributed by atoms with E-state index in [0.29, 0.717) is 19.3 Å². The molecule has 452 valence electrons. The number of allylic oxidation sites excluding steroid dienone is 18. The summed E-state index contributed by atoms with van der Waals surface area (Å²) in [5.41, 5.74) is 0. The van der Waals surface area contributed by atoms with Crippen LogP contribution in [0.3, 0.4) is 0 Å². The predicted molar refractivity (Wildman–Crippen MR) is 343 cm³/mol. The molecule has 0 N–H and O–H groups in total. The molecule has 0 spiro atoms. The standard InChI is InChI=1S/C73H124O6/c1-4-7-10-13-16-19-22-25-27-29-31-32-33-34-35-36-37-38-39-40-42-43-45-48-51-54-57-60-63-66-72(75)78-69-70(68-77-71(74)65-62-59-56-53-50-47-24-21-18-15-12-9-6-3)79-73(76)67-64-61-58-55-52-49-46-44-41-30-28-26-23-20-17-14-11-8-5-2/h8-9,11-12,17-18,20-22,25-26,28-29,31,41,44,47,50,70H,4-7,10,13-16,19,23-24,27,30,32-40,42-43,45-46,48-49,51-69H2,1-3H3/b11-8-,12-9-,20-17-,21-18-,25-22-,28-26-,31-29-,44-41-,50-47-. The van der Waals surface area contributed by atoms with Crippen molar-refractivity contribution in [2.45, 2.75) is 322 Å². The Balaban J connectivity index is 4.27. The third-order valence-electron chi connectivity index (χ3n) is 14.2. The normalized spacial score (nSPS) is 12.8. The summed E-state index contributed by atoms with van der Waals surface area (Å²) in [5, 5.41) is 0. The van der Waals surface area contributed by atoms with Crippen molar-refractivity contribution in [2.24, 2.45) is 0 Å². The van der Waals surface area contributed by atoms with Gasteiger partial charge in [0.1, 0.15) is 13.2 Å². The van der Waals surface area contributed by atoms with Gasteiger partial charge < -0.3 is 14.2 Å². The number of hydrogen-bond acceptors (Lipinski definition) is 6. The van der Waals surface area contributed by atoms with Crippen LogP contribution < -0.4 is 0 Å². The minimum absolute atomic E-state index is 0.0929. The first-order valence-corrected chi connectivity index (χ1v) is 33.4. The molecule has 0 aromatic heterocycles. The molecule has 1 unspecified atom stereocenters. The largest absolute Gasteiger partial charge is 0.462 e. The van der Waals surface area contributed by atoms with Crippen LogP contribution in [0.15, 0.2) is 109 Å². The summed E-state index contributed by atoms with van der Waals surface area (Å²) in [6, 6.07) is 0. The zero-order valence-electron chi connectivity index (χ0n) is 51.9. The van der Waals surface area contributed by atoms with E-state index in [9.17, 15) is 14.4 Å². The van der Waals surface area contributed by atoms with Crippen LogP contribution in [0.4, 0.5) is 0 Å². The van der Waals surface area contributed by atoms with Crippen LogP contribution in [0.2, 0.25) is 0 Å². The van der Waals surface area contributed by atoms with Crippen LogP contribution in [0.1, 0.15) is 316 Å². The molecule has 0 bridgehead atoms. The first kappa shape index (κ1) is 75.1. The Hall–Kier alpha value is -3.93. The van der Waals surface area contributed by atoms with E-state index in [-0.39, 0.29) is 31.1 Å². The maximum atomic E-state index is 12.9. The number of esters is 3. The van der Waals surface area contributed by atoms with Crippen molar-refractivity contribution in [1.82, 2.24) is 0 Å². The lowest BCUT2D eigenvalue weighted by Gasteiger charge is -2.18. The van der Waals surface area contributed by atoms with E-state index in [0.717, 1.165) is 128 Å². The SMILES string of the molecule is CC/C=C\C/C=C\C/C=C\C/C=C\CCCCCCCCC(=O)OC(COC(=O)CCCCC/C=C\C/C=C\C/C=C\CC)COC(=O)CCCCCCCCCCCCCCCCCCC/C=C\C/C=C\CCCCCCC. The number of unbranched alkanes of at least 4 members (excludes halogenated alkanes) is 31. The lowest BCUT2D eigenvalue weighted by Crippen LogP contribution is -2.30. The Labute approximate surface area is 489 Å². The highest BCUT2D eigenvalue weighted by Crippen LogP contribution is 2.17. The molecule has 0 radical (unpaired) electrons. The molecule has 0 saturated heterocycles. The van der Waals surface area contributed by atoms with Crippen molar-refractivity contribution in [3.8, 4) is 0 Å². The van der Waals surface area contributed by atoms with Gasteiger partial charge in [-0.05, 0) is 122 Å². The molecule has 0 heterocycles. The third-order valence-corrected chi connectivity index (χ3v) is 14.2. The number of rotatable bonds is 60. The van der Waals surface area contributed by atoms with E-state index in [1.807, 2.05) is 0 Å². The monoisotopic (exact) mass is 1100 g/mol. The van der Waals surface area contributed by atoms with Crippen molar-refractivity contribution < 1.29 is 28.6 Å². The van der Waals surface area contributed by atoms with Gasteiger partial charge in [-0.1, -0.05) is 284 Å². The molecule has 0 rings (SSSR count). The minimum Gasteiger partial charge on any atom is -0.462 e. The van der Waals surface area contributed by atoms with Gasteiger partial charge in [0, 0.05) is 19.3 Å². The van der Waals surface area contributed by atoms with Gasteiger partial charge in [0.25, 0.3) is 0 Å². The van der Waals surface area contributed by atoms with Crippen LogP contribution in [0.5, 0.6) is 0 Å². The first-order chi connectivity index (χ1) is 39.0. The molecule has 1 atom stereocenters. The van der Waals surface area contributed by atoms with E-state index in [1.165, 1.54) is 148 Å². The molecule has 79 heavy (non-hydrogen) atoms. The van der Waals surface area contributed by atoms with E-state index in [1.54, 1.807) is 0 Å². The second kappa shape index (κ2) is 66.6. The van der Waals surface area contributed by atoms with Crippen molar-refractivity contribution in [3.05, 3.63) is 109 Å². The average molecular weight is 1100 g/mol. The second-order valence-electron chi connectivity index (χ2n) is 22.0. The molecule has 0 fully saturated rings. The molecular formula is C73H124O6. The summed E-state index contributed by atoms with van der Waals surface area (Å²) >= 11 is 0. The maximum Gasteiger partial charge on any atom is 0.306 e. The Morgan fingerprint density at radius 2 is 0.494 bits per heavy atom. The number of carbonyl (C=O) groups excluding carboxylic acids is 3. The zero-order chi connectivity index (χ0) is 57.1. The summed E-state index contributed by atoms with van der Waals surface area (Å²) < 4.78 is 16.9. The summed E-state index contributed by atoms with van der Waals surface area (Å²) in [6.07, 6.45) is 91.2. The fourth-order valence-corrected chi connectivity index (χ4v) is 9.30. The van der Waals surface area contributed by atoms with E-state index < -0.39 is 6.10 Å². The highest BCUT2D eigenvalue weighted by Gasteiger charge is 2.19. The Morgan fingerprint density at radius 3 is 0.785 bits per heavy atom. The van der Waals surface area contributed by atoms with Gasteiger partial charge in [0.05, 0.1) is 0 Å².